The van der Waals surface area contributed by atoms with Crippen LogP contribution in [0.4, 0.5) is 0 Å². The molecule has 16 heavy (non-hydrogen) atoms. The first-order chi connectivity index (χ1) is 7.61. The summed E-state index contributed by atoms with van der Waals surface area (Å²) >= 11 is 0. The number of carboxylic acid groups (broad SMARTS) is 1. The average Bonchev–Trinajstić information content (AvgIpc) is 2.76. The molecule has 0 saturated heterocycles. The summed E-state index contributed by atoms with van der Waals surface area (Å²) < 4.78 is 0. The highest BCUT2D eigenvalue weighted by molar-refractivity contribution is 5.79. The molecule has 1 unspecified atom stereocenters. The lowest BCUT2D eigenvalue weighted by atomic mass is 10.1. The van der Waals surface area contributed by atoms with Gasteiger partial charge in [0.2, 0.25) is 5.91 Å². The highest BCUT2D eigenvalue weighted by Crippen LogP contribution is 2.17. The molecule has 0 aliphatic heterocycles. The number of rotatable bonds is 6. The first kappa shape index (κ1) is 12.7. The molecule has 0 heterocycles. The molecule has 1 amide bonds. The smallest absolute Gasteiger partial charge is 0.306 e. The van der Waals surface area contributed by atoms with Crippen LogP contribution in [-0.2, 0) is 9.59 Å². The Balaban J connectivity index is 2.06. The zero-order valence-corrected chi connectivity index (χ0v) is 9.61. The molecule has 1 atom stereocenters. The molecule has 4 heteroatoms. The van der Waals surface area contributed by atoms with E-state index in [2.05, 4.69) is 5.32 Å². The minimum absolute atomic E-state index is 0.0907. The number of carbonyl (C=O) groups excluding carboxylic acids is 1. The van der Waals surface area contributed by atoms with Crippen molar-refractivity contribution in [3.8, 4) is 0 Å². The summed E-state index contributed by atoms with van der Waals surface area (Å²) in [7, 11) is 0. The van der Waals surface area contributed by atoms with Gasteiger partial charge in [0, 0.05) is 12.5 Å². The molecule has 0 spiro atoms. The number of hydrogen-bond acceptors (Lipinski definition) is 2. The molecule has 0 saturated carbocycles. The predicted octanol–water partition coefficient (Wildman–Crippen LogP) is 1.57. The average molecular weight is 225 g/mol. The molecule has 1 aliphatic rings. The lowest BCUT2D eigenvalue weighted by Gasteiger charge is -2.11. The van der Waals surface area contributed by atoms with Crippen LogP contribution in [0.25, 0.3) is 0 Å². The summed E-state index contributed by atoms with van der Waals surface area (Å²) in [6, 6.07) is 0. The fourth-order valence-electron chi connectivity index (χ4n) is 1.72. The molecule has 0 radical (unpaired) electrons. The van der Waals surface area contributed by atoms with Gasteiger partial charge in [0.05, 0.1) is 5.92 Å². The number of nitrogens with one attached hydrogen (secondary N) is 1. The summed E-state index contributed by atoms with van der Waals surface area (Å²) in [5, 5.41) is 11.5. The van der Waals surface area contributed by atoms with Crippen molar-refractivity contribution in [1.82, 2.24) is 5.32 Å². The van der Waals surface area contributed by atoms with E-state index in [0.717, 1.165) is 19.3 Å². The van der Waals surface area contributed by atoms with Crippen LogP contribution < -0.4 is 5.32 Å². The van der Waals surface area contributed by atoms with Crippen molar-refractivity contribution in [3.63, 3.8) is 0 Å². The summed E-state index contributed by atoms with van der Waals surface area (Å²) in [5.41, 5.74) is 0. The summed E-state index contributed by atoms with van der Waals surface area (Å²) in [6.07, 6.45) is 7.04. The van der Waals surface area contributed by atoms with E-state index in [9.17, 15) is 9.59 Å². The van der Waals surface area contributed by atoms with Gasteiger partial charge in [-0.15, -0.1) is 0 Å². The minimum atomic E-state index is -0.772. The van der Waals surface area contributed by atoms with E-state index in [0.29, 0.717) is 13.0 Å². The van der Waals surface area contributed by atoms with Crippen LogP contribution in [0.1, 0.15) is 32.6 Å². The molecule has 4 nitrogen and oxygen atoms in total. The Labute approximate surface area is 95.7 Å². The Morgan fingerprint density at radius 2 is 2.06 bits per heavy atom. The van der Waals surface area contributed by atoms with Crippen LogP contribution >= 0.6 is 0 Å². The van der Waals surface area contributed by atoms with Gasteiger partial charge in [0.1, 0.15) is 0 Å². The van der Waals surface area contributed by atoms with Crippen LogP contribution in [0.3, 0.4) is 0 Å². The third-order valence-electron chi connectivity index (χ3n) is 2.91. The van der Waals surface area contributed by atoms with Crippen molar-refractivity contribution in [1.29, 1.82) is 0 Å². The van der Waals surface area contributed by atoms with Crippen LogP contribution in [0.2, 0.25) is 0 Å². The maximum Gasteiger partial charge on any atom is 0.306 e. The fourth-order valence-corrected chi connectivity index (χ4v) is 1.72. The molecule has 2 N–H and O–H groups in total. The van der Waals surface area contributed by atoms with Crippen molar-refractivity contribution in [2.75, 3.05) is 6.54 Å². The molecular weight excluding hydrogens is 206 g/mol. The van der Waals surface area contributed by atoms with Crippen LogP contribution in [0, 0.1) is 11.8 Å². The van der Waals surface area contributed by atoms with Gasteiger partial charge in [-0.2, -0.15) is 0 Å². The van der Waals surface area contributed by atoms with Crippen molar-refractivity contribution < 1.29 is 14.7 Å². The van der Waals surface area contributed by atoms with Gasteiger partial charge in [-0.25, -0.2) is 0 Å². The second-order valence-electron chi connectivity index (χ2n) is 4.31. The van der Waals surface area contributed by atoms with E-state index >= 15 is 0 Å². The Bertz CT molecular complexity index is 278. The lowest BCUT2D eigenvalue weighted by Crippen LogP contribution is -2.30. The number of carbonyl (C=O) groups is 2. The van der Waals surface area contributed by atoms with Crippen LogP contribution in [-0.4, -0.2) is 23.5 Å². The van der Waals surface area contributed by atoms with Gasteiger partial charge in [-0.3, -0.25) is 9.59 Å². The Hall–Kier alpha value is -1.32. The highest BCUT2D eigenvalue weighted by atomic mass is 16.4. The number of aliphatic carboxylic acids is 1. The minimum Gasteiger partial charge on any atom is -0.481 e. The summed E-state index contributed by atoms with van der Waals surface area (Å²) in [6.45, 7) is 2.26. The molecule has 0 aromatic heterocycles. The zero-order valence-electron chi connectivity index (χ0n) is 9.61. The van der Waals surface area contributed by atoms with Crippen molar-refractivity contribution >= 4 is 11.9 Å². The quantitative estimate of drug-likeness (QED) is 0.532. The van der Waals surface area contributed by atoms with E-state index in [1.54, 1.807) is 6.92 Å². The first-order valence-electron chi connectivity index (χ1n) is 5.76. The molecule has 0 fully saturated rings. The van der Waals surface area contributed by atoms with E-state index in [1.165, 1.54) is 0 Å². The maximum absolute atomic E-state index is 11.6. The number of amides is 1. The molecule has 90 valence electrons. The maximum atomic E-state index is 11.6. The van der Waals surface area contributed by atoms with E-state index in [-0.39, 0.29) is 17.7 Å². The Morgan fingerprint density at radius 1 is 1.44 bits per heavy atom. The van der Waals surface area contributed by atoms with Gasteiger partial charge in [-0.05, 0) is 25.7 Å². The number of allylic oxidation sites excluding steroid dienone is 2. The standard InChI is InChI=1S/C12H19NO3/c1-9(12(15)16)5-4-8-13-11(14)10-6-2-3-7-10/h2-3,9-10H,4-8H2,1H3,(H,13,14)(H,15,16). The van der Waals surface area contributed by atoms with Crippen molar-refractivity contribution in [2.45, 2.75) is 32.6 Å². The van der Waals surface area contributed by atoms with Gasteiger partial charge in [0.25, 0.3) is 0 Å². The molecule has 0 aromatic carbocycles. The van der Waals surface area contributed by atoms with Crippen LogP contribution in [0.5, 0.6) is 0 Å². The SMILES string of the molecule is CC(CCCNC(=O)C1CC=CC1)C(=O)O. The summed E-state index contributed by atoms with van der Waals surface area (Å²) in [5.74, 6) is -0.916. The number of carboxylic acids is 1. The predicted molar refractivity (Wildman–Crippen MR) is 60.9 cm³/mol. The van der Waals surface area contributed by atoms with E-state index in [4.69, 9.17) is 5.11 Å². The molecule has 1 aliphatic carbocycles. The second kappa shape index (κ2) is 6.30. The normalized spacial score (nSPS) is 17.3. The van der Waals surface area contributed by atoms with Gasteiger partial charge in [-0.1, -0.05) is 19.1 Å². The van der Waals surface area contributed by atoms with Crippen molar-refractivity contribution in [3.05, 3.63) is 12.2 Å². The van der Waals surface area contributed by atoms with E-state index in [1.807, 2.05) is 12.2 Å². The molecule has 1 rings (SSSR count). The van der Waals surface area contributed by atoms with E-state index < -0.39 is 5.97 Å². The topological polar surface area (TPSA) is 66.4 Å². The highest BCUT2D eigenvalue weighted by Gasteiger charge is 2.18. The largest absolute Gasteiger partial charge is 0.481 e. The number of hydrogen-bond donors (Lipinski definition) is 2. The van der Waals surface area contributed by atoms with Gasteiger partial charge >= 0.3 is 5.97 Å². The van der Waals surface area contributed by atoms with Crippen molar-refractivity contribution in [2.24, 2.45) is 11.8 Å². The zero-order chi connectivity index (χ0) is 12.0. The lowest BCUT2D eigenvalue weighted by molar-refractivity contribution is -0.141. The second-order valence-corrected chi connectivity index (χ2v) is 4.31. The first-order valence-corrected chi connectivity index (χ1v) is 5.76. The fraction of sp³-hybridized carbons (Fsp3) is 0.667. The molecule has 0 bridgehead atoms. The Morgan fingerprint density at radius 3 is 2.62 bits per heavy atom. The Kier molecular flexibility index (Phi) is 5.02. The molecular formula is C12H19NO3. The third-order valence-corrected chi connectivity index (χ3v) is 2.91. The summed E-state index contributed by atoms with van der Waals surface area (Å²) in [4.78, 5) is 22.1. The van der Waals surface area contributed by atoms with Gasteiger partial charge < -0.3 is 10.4 Å². The third kappa shape index (κ3) is 4.04. The van der Waals surface area contributed by atoms with Gasteiger partial charge in [0.15, 0.2) is 0 Å². The molecule has 0 aromatic rings. The monoisotopic (exact) mass is 225 g/mol. The van der Waals surface area contributed by atoms with Crippen LogP contribution in [0.15, 0.2) is 12.2 Å².